The molecule has 0 heterocycles. The molecule has 3 nitrogen and oxygen atoms in total. The molecule has 118 valence electrons. The molecule has 2 rings (SSSR count). The van der Waals surface area contributed by atoms with Crippen molar-refractivity contribution in [2.24, 2.45) is 0 Å². The molecule has 0 amide bonds. The molecule has 1 aliphatic rings. The Kier molecular flexibility index (Phi) is 5.94. The summed E-state index contributed by atoms with van der Waals surface area (Å²) in [6.45, 7) is 4.45. The third kappa shape index (κ3) is 5.25. The van der Waals surface area contributed by atoms with Gasteiger partial charge in [0.1, 0.15) is 5.75 Å². The topological polar surface area (TPSA) is 24.5 Å². The largest absolute Gasteiger partial charge is 0.435 e. The lowest BCUT2D eigenvalue weighted by molar-refractivity contribution is -0.0499. The highest BCUT2D eigenvalue weighted by Crippen LogP contribution is 2.26. The van der Waals surface area contributed by atoms with Crippen LogP contribution in [0.5, 0.6) is 5.75 Å². The van der Waals surface area contributed by atoms with Crippen molar-refractivity contribution in [1.29, 1.82) is 0 Å². The highest BCUT2D eigenvalue weighted by atomic mass is 19.3. The first-order valence-corrected chi connectivity index (χ1v) is 7.62. The fraction of sp³-hybridized carbons (Fsp3) is 0.625. The lowest BCUT2D eigenvalue weighted by Crippen LogP contribution is -2.34. The third-order valence-electron chi connectivity index (χ3n) is 3.90. The minimum absolute atomic E-state index is 0.115. The molecule has 0 bridgehead atoms. The van der Waals surface area contributed by atoms with Crippen molar-refractivity contribution in [3.8, 4) is 5.75 Å². The van der Waals surface area contributed by atoms with Crippen molar-refractivity contribution in [2.75, 3.05) is 19.6 Å². The maximum absolute atomic E-state index is 12.2. The summed E-state index contributed by atoms with van der Waals surface area (Å²) in [5.74, 6) is 0.212. The number of likely N-dealkylation sites (N-methyl/N-ethyl adjacent to an activating group) is 1. The van der Waals surface area contributed by atoms with E-state index in [1.54, 1.807) is 18.2 Å². The molecule has 5 heteroatoms. The van der Waals surface area contributed by atoms with Crippen LogP contribution in [0.15, 0.2) is 24.3 Å². The first-order valence-electron chi connectivity index (χ1n) is 7.62. The maximum atomic E-state index is 12.2. The van der Waals surface area contributed by atoms with Gasteiger partial charge in [-0.25, -0.2) is 0 Å². The van der Waals surface area contributed by atoms with Gasteiger partial charge in [0.15, 0.2) is 0 Å². The second kappa shape index (κ2) is 7.71. The second-order valence-electron chi connectivity index (χ2n) is 5.49. The van der Waals surface area contributed by atoms with Crippen molar-refractivity contribution in [1.82, 2.24) is 10.2 Å². The van der Waals surface area contributed by atoms with Gasteiger partial charge < -0.3 is 10.1 Å². The van der Waals surface area contributed by atoms with Crippen molar-refractivity contribution in [3.05, 3.63) is 29.8 Å². The number of halogens is 2. The maximum Gasteiger partial charge on any atom is 0.387 e. The molecule has 1 unspecified atom stereocenters. The number of rotatable bonds is 9. The molecule has 1 fully saturated rings. The molecule has 21 heavy (non-hydrogen) atoms. The summed E-state index contributed by atoms with van der Waals surface area (Å²) < 4.78 is 28.9. The molecule has 0 aliphatic heterocycles. The number of ether oxygens (including phenoxy) is 1. The SMILES string of the molecule is CCN(CCNC(C)c1cccc(OC(F)F)c1)C1CC1. The van der Waals surface area contributed by atoms with Crippen molar-refractivity contribution in [3.63, 3.8) is 0 Å². The number of benzene rings is 1. The standard InChI is InChI=1S/C16H24F2N2O/c1-3-20(14-7-8-14)10-9-19-12(2)13-5-4-6-15(11-13)21-16(17)18/h4-6,11-12,14,16,19H,3,7-10H2,1-2H3. The Labute approximate surface area is 125 Å². The molecular formula is C16H24F2N2O. The summed E-state index contributed by atoms with van der Waals surface area (Å²) in [5.41, 5.74) is 0.961. The van der Waals surface area contributed by atoms with Gasteiger partial charge in [0.25, 0.3) is 0 Å². The first-order chi connectivity index (χ1) is 10.1. The zero-order valence-corrected chi connectivity index (χ0v) is 12.7. The number of hydrogen-bond donors (Lipinski definition) is 1. The van der Waals surface area contributed by atoms with E-state index in [0.717, 1.165) is 31.2 Å². The fourth-order valence-electron chi connectivity index (χ4n) is 2.54. The van der Waals surface area contributed by atoms with Crippen LogP contribution < -0.4 is 10.1 Å². The summed E-state index contributed by atoms with van der Waals surface area (Å²) in [6.07, 6.45) is 2.63. The van der Waals surface area contributed by atoms with Gasteiger partial charge in [0.2, 0.25) is 0 Å². The van der Waals surface area contributed by atoms with Crippen LogP contribution in [0.1, 0.15) is 38.3 Å². The number of alkyl halides is 2. The Morgan fingerprint density at radius 2 is 2.14 bits per heavy atom. The highest BCUT2D eigenvalue weighted by Gasteiger charge is 2.27. The van der Waals surface area contributed by atoms with Crippen LogP contribution in [-0.2, 0) is 0 Å². The molecule has 0 saturated heterocycles. The Balaban J connectivity index is 1.80. The molecule has 0 aromatic heterocycles. The molecule has 1 atom stereocenters. The molecule has 1 saturated carbocycles. The van der Waals surface area contributed by atoms with Crippen molar-refractivity contribution < 1.29 is 13.5 Å². The smallest absolute Gasteiger partial charge is 0.387 e. The van der Waals surface area contributed by atoms with E-state index in [9.17, 15) is 8.78 Å². The van der Waals surface area contributed by atoms with E-state index in [4.69, 9.17) is 0 Å². The Bertz CT molecular complexity index is 438. The van der Waals surface area contributed by atoms with Gasteiger partial charge in [-0.3, -0.25) is 4.90 Å². The van der Waals surface area contributed by atoms with Gasteiger partial charge in [0.05, 0.1) is 0 Å². The number of nitrogens with one attached hydrogen (secondary N) is 1. The van der Waals surface area contributed by atoms with Crippen LogP contribution in [0.2, 0.25) is 0 Å². The molecule has 0 spiro atoms. The number of hydrogen-bond acceptors (Lipinski definition) is 3. The average Bonchev–Trinajstić information content (AvgIpc) is 3.27. The number of nitrogens with zero attached hydrogens (tertiary/aromatic N) is 1. The van der Waals surface area contributed by atoms with Gasteiger partial charge in [-0.05, 0) is 44.0 Å². The zero-order chi connectivity index (χ0) is 15.2. The van der Waals surface area contributed by atoms with E-state index in [1.165, 1.54) is 12.8 Å². The van der Waals surface area contributed by atoms with E-state index in [2.05, 4.69) is 21.9 Å². The predicted molar refractivity (Wildman–Crippen MR) is 79.8 cm³/mol. The monoisotopic (exact) mass is 298 g/mol. The summed E-state index contributed by atoms with van der Waals surface area (Å²) in [6, 6.07) is 7.78. The minimum atomic E-state index is -2.78. The Hall–Kier alpha value is -1.20. The zero-order valence-electron chi connectivity index (χ0n) is 12.7. The summed E-state index contributed by atoms with van der Waals surface area (Å²) >= 11 is 0. The third-order valence-corrected chi connectivity index (χ3v) is 3.90. The molecule has 1 N–H and O–H groups in total. The van der Waals surface area contributed by atoms with Crippen LogP contribution in [0.3, 0.4) is 0 Å². The summed E-state index contributed by atoms with van der Waals surface area (Å²) in [5, 5.41) is 3.44. The Morgan fingerprint density at radius 1 is 1.38 bits per heavy atom. The minimum Gasteiger partial charge on any atom is -0.435 e. The highest BCUT2D eigenvalue weighted by molar-refractivity contribution is 5.30. The van der Waals surface area contributed by atoms with Gasteiger partial charge >= 0.3 is 6.61 Å². The summed E-state index contributed by atoms with van der Waals surface area (Å²) in [4.78, 5) is 2.48. The average molecular weight is 298 g/mol. The van der Waals surface area contributed by atoms with Crippen LogP contribution in [0.4, 0.5) is 8.78 Å². The van der Waals surface area contributed by atoms with E-state index in [-0.39, 0.29) is 11.8 Å². The normalized spacial score (nSPS) is 16.5. The van der Waals surface area contributed by atoms with Gasteiger partial charge in [-0.2, -0.15) is 8.78 Å². The molecule has 0 radical (unpaired) electrons. The predicted octanol–water partition coefficient (Wildman–Crippen LogP) is 3.42. The van der Waals surface area contributed by atoms with E-state index in [1.807, 2.05) is 13.0 Å². The van der Waals surface area contributed by atoms with Crippen molar-refractivity contribution in [2.45, 2.75) is 45.4 Å². The van der Waals surface area contributed by atoms with E-state index < -0.39 is 6.61 Å². The molecule has 1 aromatic rings. The second-order valence-corrected chi connectivity index (χ2v) is 5.49. The van der Waals surface area contributed by atoms with Crippen LogP contribution in [-0.4, -0.2) is 37.2 Å². The van der Waals surface area contributed by atoms with E-state index in [0.29, 0.717) is 0 Å². The van der Waals surface area contributed by atoms with E-state index >= 15 is 0 Å². The molecular weight excluding hydrogens is 274 g/mol. The van der Waals surface area contributed by atoms with Gasteiger partial charge in [0, 0.05) is 25.2 Å². The fourth-order valence-corrected chi connectivity index (χ4v) is 2.54. The van der Waals surface area contributed by atoms with Crippen LogP contribution in [0, 0.1) is 0 Å². The quantitative estimate of drug-likeness (QED) is 0.756. The lowest BCUT2D eigenvalue weighted by atomic mass is 10.1. The molecule has 1 aromatic carbocycles. The summed E-state index contributed by atoms with van der Waals surface area (Å²) in [7, 11) is 0. The van der Waals surface area contributed by atoms with Crippen LogP contribution in [0.25, 0.3) is 0 Å². The van der Waals surface area contributed by atoms with Crippen LogP contribution >= 0.6 is 0 Å². The van der Waals surface area contributed by atoms with Gasteiger partial charge in [-0.1, -0.05) is 19.1 Å². The lowest BCUT2D eigenvalue weighted by Gasteiger charge is -2.22. The molecule has 1 aliphatic carbocycles. The van der Waals surface area contributed by atoms with Gasteiger partial charge in [-0.15, -0.1) is 0 Å². The first kappa shape index (κ1) is 16.2. The Morgan fingerprint density at radius 3 is 2.76 bits per heavy atom. The van der Waals surface area contributed by atoms with Crippen molar-refractivity contribution >= 4 is 0 Å².